The minimum absolute atomic E-state index is 0.140. The average molecular weight is 350 g/mol. The van der Waals surface area contributed by atoms with Gasteiger partial charge in [-0.3, -0.25) is 9.20 Å². The zero-order valence-corrected chi connectivity index (χ0v) is 15.7. The van der Waals surface area contributed by atoms with Crippen LogP contribution in [0.4, 0.5) is 0 Å². The summed E-state index contributed by atoms with van der Waals surface area (Å²) in [5, 5.41) is 0. The average Bonchev–Trinajstić information content (AvgIpc) is 3.04. The lowest BCUT2D eigenvalue weighted by molar-refractivity contribution is 0.0976. The Morgan fingerprint density at radius 1 is 1.15 bits per heavy atom. The molecular weight excluding hydrogens is 324 g/mol. The van der Waals surface area contributed by atoms with Gasteiger partial charge in [-0.1, -0.05) is 39.0 Å². The molecule has 0 unspecified atom stereocenters. The summed E-state index contributed by atoms with van der Waals surface area (Å²) in [7, 11) is 0. The van der Waals surface area contributed by atoms with Crippen LogP contribution in [-0.4, -0.2) is 21.8 Å². The molecule has 0 fully saturated rings. The Hall–Kier alpha value is -2.62. The van der Waals surface area contributed by atoms with Crippen molar-refractivity contribution in [2.24, 2.45) is 5.92 Å². The molecule has 2 aromatic heterocycles. The van der Waals surface area contributed by atoms with E-state index in [-0.39, 0.29) is 5.78 Å². The van der Waals surface area contributed by atoms with Crippen molar-refractivity contribution in [3.05, 3.63) is 65.6 Å². The van der Waals surface area contributed by atoms with Crippen molar-refractivity contribution in [3.63, 3.8) is 0 Å². The Bertz CT molecular complexity index is 879. The van der Waals surface area contributed by atoms with E-state index in [1.165, 1.54) is 0 Å². The van der Waals surface area contributed by atoms with E-state index in [4.69, 9.17) is 4.74 Å². The molecule has 0 amide bonds. The summed E-state index contributed by atoms with van der Waals surface area (Å²) in [6.07, 6.45) is 3.86. The van der Waals surface area contributed by atoms with Crippen molar-refractivity contribution in [1.82, 2.24) is 9.38 Å². The van der Waals surface area contributed by atoms with Crippen LogP contribution in [0.3, 0.4) is 0 Å². The van der Waals surface area contributed by atoms with Gasteiger partial charge in [0, 0.05) is 12.6 Å². The van der Waals surface area contributed by atoms with E-state index in [2.05, 4.69) is 18.8 Å². The number of pyridine rings is 1. The summed E-state index contributed by atoms with van der Waals surface area (Å²) in [4.78, 5) is 17.4. The van der Waals surface area contributed by atoms with E-state index in [1.807, 2.05) is 60.0 Å². The maximum atomic E-state index is 12.8. The van der Waals surface area contributed by atoms with Gasteiger partial charge < -0.3 is 4.74 Å². The first kappa shape index (κ1) is 18.2. The fraction of sp³-hybridized carbons (Fsp3) is 0.364. The highest BCUT2D eigenvalue weighted by atomic mass is 16.5. The van der Waals surface area contributed by atoms with Gasteiger partial charge in [-0.15, -0.1) is 0 Å². The number of Topliss-reactive ketones (excluding diaryl/α,β-unsaturated/α-hetero) is 1. The van der Waals surface area contributed by atoms with Gasteiger partial charge in [-0.05, 0) is 48.6 Å². The minimum Gasteiger partial charge on any atom is -0.493 e. The molecule has 4 heteroatoms. The molecule has 2 heterocycles. The minimum atomic E-state index is 0.140. The smallest absolute Gasteiger partial charge is 0.181 e. The van der Waals surface area contributed by atoms with E-state index >= 15 is 0 Å². The summed E-state index contributed by atoms with van der Waals surface area (Å²) < 4.78 is 7.61. The Labute approximate surface area is 154 Å². The Kier molecular flexibility index (Phi) is 5.71. The molecule has 0 aliphatic rings. The van der Waals surface area contributed by atoms with Crippen molar-refractivity contribution in [2.45, 2.75) is 40.0 Å². The number of carbonyl (C=O) groups excluding carboxylic acids is 1. The number of aryl methyl sites for hydroxylation is 2. The third-order valence-corrected chi connectivity index (χ3v) is 4.35. The zero-order chi connectivity index (χ0) is 18.5. The van der Waals surface area contributed by atoms with Crippen LogP contribution in [0.5, 0.6) is 5.75 Å². The van der Waals surface area contributed by atoms with Gasteiger partial charge in [0.05, 0.1) is 12.3 Å². The van der Waals surface area contributed by atoms with Gasteiger partial charge in [0.2, 0.25) is 0 Å². The van der Waals surface area contributed by atoms with Crippen LogP contribution in [0.2, 0.25) is 0 Å². The fourth-order valence-corrected chi connectivity index (χ4v) is 2.98. The normalized spacial score (nSPS) is 11.2. The molecule has 0 N–H and O–H groups in total. The van der Waals surface area contributed by atoms with Crippen LogP contribution in [0, 0.1) is 5.92 Å². The van der Waals surface area contributed by atoms with Gasteiger partial charge in [0.15, 0.2) is 5.78 Å². The number of ketones is 1. The molecule has 0 aliphatic carbocycles. The van der Waals surface area contributed by atoms with E-state index < -0.39 is 0 Å². The highest BCUT2D eigenvalue weighted by molar-refractivity contribution is 5.96. The number of aromatic nitrogens is 2. The highest BCUT2D eigenvalue weighted by Gasteiger charge is 2.17. The van der Waals surface area contributed by atoms with Crippen molar-refractivity contribution < 1.29 is 9.53 Å². The lowest BCUT2D eigenvalue weighted by Gasteiger charge is -2.09. The van der Waals surface area contributed by atoms with Crippen LogP contribution >= 0.6 is 0 Å². The summed E-state index contributed by atoms with van der Waals surface area (Å²) >= 11 is 0. The van der Waals surface area contributed by atoms with Gasteiger partial charge in [0.25, 0.3) is 0 Å². The van der Waals surface area contributed by atoms with Crippen LogP contribution in [0.15, 0.2) is 48.7 Å². The number of fused-ring (bicyclic) bond motifs is 1. The van der Waals surface area contributed by atoms with Crippen LogP contribution in [0.25, 0.3) is 5.65 Å². The van der Waals surface area contributed by atoms with Crippen LogP contribution < -0.4 is 4.74 Å². The molecule has 0 atom stereocenters. The van der Waals surface area contributed by atoms with Crippen molar-refractivity contribution in [3.8, 4) is 5.75 Å². The van der Waals surface area contributed by atoms with Gasteiger partial charge >= 0.3 is 0 Å². The SMILES string of the molecule is CCc1nc2ccccn2c1C(=O)CCc1ccc(OCC(C)C)cc1. The molecule has 3 aromatic rings. The number of imidazole rings is 1. The molecule has 26 heavy (non-hydrogen) atoms. The van der Waals surface area contributed by atoms with Gasteiger partial charge in [-0.2, -0.15) is 0 Å². The van der Waals surface area contributed by atoms with Crippen molar-refractivity contribution in [1.29, 1.82) is 0 Å². The van der Waals surface area contributed by atoms with E-state index in [0.29, 0.717) is 25.4 Å². The largest absolute Gasteiger partial charge is 0.493 e. The third kappa shape index (κ3) is 4.13. The fourth-order valence-electron chi connectivity index (χ4n) is 2.98. The lowest BCUT2D eigenvalue weighted by Crippen LogP contribution is -2.08. The molecule has 0 saturated heterocycles. The second-order valence-electron chi connectivity index (χ2n) is 6.96. The van der Waals surface area contributed by atoms with Crippen LogP contribution in [-0.2, 0) is 12.8 Å². The number of carbonyl (C=O) groups is 1. The Morgan fingerprint density at radius 3 is 2.62 bits per heavy atom. The van der Waals surface area contributed by atoms with E-state index in [0.717, 1.165) is 34.8 Å². The first-order valence-electron chi connectivity index (χ1n) is 9.29. The second kappa shape index (κ2) is 8.17. The highest BCUT2D eigenvalue weighted by Crippen LogP contribution is 2.18. The maximum Gasteiger partial charge on any atom is 0.181 e. The molecular formula is C22H26N2O2. The molecule has 136 valence electrons. The molecule has 1 aromatic carbocycles. The summed E-state index contributed by atoms with van der Waals surface area (Å²) in [6, 6.07) is 13.9. The molecule has 4 nitrogen and oxygen atoms in total. The number of benzene rings is 1. The maximum absolute atomic E-state index is 12.8. The molecule has 3 rings (SSSR count). The van der Waals surface area contributed by atoms with Crippen molar-refractivity contribution in [2.75, 3.05) is 6.61 Å². The number of hydrogen-bond acceptors (Lipinski definition) is 3. The number of nitrogens with zero attached hydrogens (tertiary/aromatic N) is 2. The molecule has 0 bridgehead atoms. The Morgan fingerprint density at radius 2 is 1.92 bits per heavy atom. The molecule has 0 saturated carbocycles. The third-order valence-electron chi connectivity index (χ3n) is 4.35. The van der Waals surface area contributed by atoms with Gasteiger partial charge in [-0.25, -0.2) is 4.98 Å². The topological polar surface area (TPSA) is 43.6 Å². The number of ether oxygens (including phenoxy) is 1. The van der Waals surface area contributed by atoms with E-state index in [1.54, 1.807) is 0 Å². The predicted molar refractivity (Wildman–Crippen MR) is 104 cm³/mol. The van der Waals surface area contributed by atoms with Gasteiger partial charge in [0.1, 0.15) is 17.1 Å². The lowest BCUT2D eigenvalue weighted by atomic mass is 10.0. The Balaban J connectivity index is 1.67. The zero-order valence-electron chi connectivity index (χ0n) is 15.7. The standard InChI is InChI=1S/C22H26N2O2/c1-4-19-22(24-14-6-5-7-21(24)23-19)20(25)13-10-17-8-11-18(12-9-17)26-15-16(2)3/h5-9,11-12,14,16H,4,10,13,15H2,1-3H3. The van der Waals surface area contributed by atoms with Crippen LogP contribution in [0.1, 0.15) is 48.9 Å². The quantitative estimate of drug-likeness (QED) is 0.551. The predicted octanol–water partition coefficient (Wildman–Crippen LogP) is 4.75. The summed E-state index contributed by atoms with van der Waals surface area (Å²) in [5.74, 6) is 1.52. The number of rotatable bonds is 8. The molecule has 0 aliphatic heterocycles. The molecule has 0 spiro atoms. The summed E-state index contributed by atoms with van der Waals surface area (Å²) in [6.45, 7) is 7.01. The second-order valence-corrected chi connectivity index (χ2v) is 6.96. The van der Waals surface area contributed by atoms with E-state index in [9.17, 15) is 4.79 Å². The first-order valence-corrected chi connectivity index (χ1v) is 9.29. The number of hydrogen-bond donors (Lipinski definition) is 0. The molecule has 0 radical (unpaired) electrons. The monoisotopic (exact) mass is 350 g/mol. The first-order chi connectivity index (χ1) is 12.6. The summed E-state index contributed by atoms with van der Waals surface area (Å²) in [5.41, 5.74) is 3.57. The van der Waals surface area contributed by atoms with Crippen molar-refractivity contribution >= 4 is 11.4 Å².